The van der Waals surface area contributed by atoms with E-state index >= 15 is 0 Å². The summed E-state index contributed by atoms with van der Waals surface area (Å²) in [6.07, 6.45) is -7.49. The zero-order valence-electron chi connectivity index (χ0n) is 7.54. The van der Waals surface area contributed by atoms with Crippen molar-refractivity contribution in [3.63, 3.8) is 0 Å². The minimum absolute atomic E-state index is 0.391. The Hall–Kier alpha value is -0.920. The van der Waals surface area contributed by atoms with Crippen LogP contribution in [0, 0.1) is 0 Å². The summed E-state index contributed by atoms with van der Waals surface area (Å²) in [5.74, 6) is 0. The third-order valence-corrected chi connectivity index (χ3v) is 2.42. The zero-order valence-corrected chi connectivity index (χ0v) is 9.12. The van der Waals surface area contributed by atoms with Crippen molar-refractivity contribution < 1.29 is 22.0 Å². The Morgan fingerprint density at radius 3 is 2.31 bits per heavy atom. The fourth-order valence-electron chi connectivity index (χ4n) is 1.13. The van der Waals surface area contributed by atoms with Crippen LogP contribution in [0.2, 0.25) is 0 Å². The molecule has 0 aromatic carbocycles. The van der Waals surface area contributed by atoms with E-state index in [4.69, 9.17) is 0 Å². The molecule has 1 aromatic heterocycles. The third-order valence-electron chi connectivity index (χ3n) is 1.86. The third kappa shape index (κ3) is 2.42. The van der Waals surface area contributed by atoms with Gasteiger partial charge in [-0.25, -0.2) is 8.78 Å². The first-order chi connectivity index (χ1) is 7.29. The van der Waals surface area contributed by atoms with Crippen LogP contribution in [0.3, 0.4) is 0 Å². The van der Waals surface area contributed by atoms with Crippen molar-refractivity contribution in [1.82, 2.24) is 4.98 Å². The van der Waals surface area contributed by atoms with Gasteiger partial charge in [0.25, 0.3) is 6.43 Å². The van der Waals surface area contributed by atoms with Gasteiger partial charge in [-0.2, -0.15) is 13.2 Å². The molecule has 0 atom stereocenters. The summed E-state index contributed by atoms with van der Waals surface area (Å²) in [4.78, 5) is 13.0. The molecule has 0 spiro atoms. The van der Waals surface area contributed by atoms with Crippen molar-refractivity contribution >= 4 is 15.9 Å². The van der Waals surface area contributed by atoms with E-state index in [1.807, 2.05) is 0 Å². The summed E-state index contributed by atoms with van der Waals surface area (Å²) in [5.41, 5.74) is -4.32. The van der Waals surface area contributed by atoms with Crippen LogP contribution in [0.25, 0.3) is 0 Å². The monoisotopic (exact) mass is 305 g/mol. The fraction of sp³-hybridized carbons (Fsp3) is 0.375. The summed E-state index contributed by atoms with van der Waals surface area (Å²) in [7, 11) is 0. The minimum atomic E-state index is -4.77. The average molecular weight is 306 g/mol. The van der Waals surface area contributed by atoms with Crippen molar-refractivity contribution in [2.75, 3.05) is 0 Å². The van der Waals surface area contributed by atoms with E-state index in [1.165, 1.54) is 0 Å². The van der Waals surface area contributed by atoms with Crippen LogP contribution in [-0.2, 0) is 11.5 Å². The molecule has 0 aliphatic rings. The largest absolute Gasteiger partial charge is 0.431 e. The highest BCUT2D eigenvalue weighted by molar-refractivity contribution is 9.08. The predicted octanol–water partition coefficient (Wildman–Crippen LogP) is 3.23. The lowest BCUT2D eigenvalue weighted by Crippen LogP contribution is -2.22. The Morgan fingerprint density at radius 2 is 1.94 bits per heavy atom. The molecule has 1 heterocycles. The average Bonchev–Trinajstić information content (AvgIpc) is 2.15. The Kier molecular flexibility index (Phi) is 3.72. The molecule has 2 nitrogen and oxygen atoms in total. The van der Waals surface area contributed by atoms with E-state index in [-0.39, 0.29) is 0 Å². The highest BCUT2D eigenvalue weighted by atomic mass is 79.9. The molecule has 0 saturated carbocycles. The number of hydrogen-bond acceptors (Lipinski definition) is 1. The lowest BCUT2D eigenvalue weighted by molar-refractivity contribution is -0.141. The molecule has 16 heavy (non-hydrogen) atoms. The summed E-state index contributed by atoms with van der Waals surface area (Å²) < 4.78 is 61.6. The number of rotatable bonds is 2. The van der Waals surface area contributed by atoms with Crippen LogP contribution < -0.4 is 5.43 Å². The maximum Gasteiger partial charge on any atom is 0.431 e. The molecule has 0 aliphatic carbocycles. The van der Waals surface area contributed by atoms with Crippen LogP contribution in [0.5, 0.6) is 0 Å². The van der Waals surface area contributed by atoms with Gasteiger partial charge in [0.1, 0.15) is 5.69 Å². The Balaban J connectivity index is 3.48. The second-order valence-electron chi connectivity index (χ2n) is 2.86. The number of halogens is 6. The van der Waals surface area contributed by atoms with E-state index in [1.54, 1.807) is 4.98 Å². The van der Waals surface area contributed by atoms with E-state index in [2.05, 4.69) is 15.9 Å². The summed E-state index contributed by atoms with van der Waals surface area (Å²) in [6, 6.07) is 0. The fourth-order valence-corrected chi connectivity index (χ4v) is 1.67. The molecule has 0 fully saturated rings. The molecule has 0 amide bonds. The van der Waals surface area contributed by atoms with Gasteiger partial charge in [-0.05, 0) is 0 Å². The molecule has 0 radical (unpaired) electrons. The molecular formula is C8H5BrF5NO. The predicted molar refractivity (Wildman–Crippen MR) is 49.7 cm³/mol. The summed E-state index contributed by atoms with van der Waals surface area (Å²) in [6.45, 7) is 0. The topological polar surface area (TPSA) is 32.9 Å². The van der Waals surface area contributed by atoms with Gasteiger partial charge in [-0.15, -0.1) is 0 Å². The first-order valence-corrected chi connectivity index (χ1v) is 5.07. The van der Waals surface area contributed by atoms with Gasteiger partial charge in [0.2, 0.25) is 0 Å². The SMILES string of the molecule is O=c1c(C(F)F)c[nH]c(C(F)(F)F)c1CBr. The first kappa shape index (κ1) is 13.1. The first-order valence-electron chi connectivity index (χ1n) is 3.94. The van der Waals surface area contributed by atoms with Gasteiger partial charge in [0.05, 0.1) is 5.56 Å². The van der Waals surface area contributed by atoms with Gasteiger partial charge in [0.15, 0.2) is 5.43 Å². The van der Waals surface area contributed by atoms with E-state index < -0.39 is 40.2 Å². The Bertz CT molecular complexity index is 439. The normalized spacial score (nSPS) is 12.2. The number of aromatic nitrogens is 1. The van der Waals surface area contributed by atoms with Crippen LogP contribution >= 0.6 is 15.9 Å². The number of pyridine rings is 1. The van der Waals surface area contributed by atoms with Crippen molar-refractivity contribution in [2.45, 2.75) is 17.9 Å². The van der Waals surface area contributed by atoms with Crippen LogP contribution in [-0.4, -0.2) is 4.98 Å². The number of alkyl halides is 6. The number of H-pyrrole nitrogens is 1. The molecular weight excluding hydrogens is 301 g/mol. The highest BCUT2D eigenvalue weighted by Crippen LogP contribution is 2.30. The highest BCUT2D eigenvalue weighted by Gasteiger charge is 2.36. The van der Waals surface area contributed by atoms with Gasteiger partial charge in [0, 0.05) is 17.1 Å². The standard InChI is InChI=1S/C8H5BrF5NO/c9-1-3-5(16)4(7(10)11)2-15-6(3)8(12,13)14/h2,7H,1H2,(H,15,16). The van der Waals surface area contributed by atoms with E-state index in [0.717, 1.165) is 0 Å². The lowest BCUT2D eigenvalue weighted by Gasteiger charge is -2.11. The smallest absolute Gasteiger partial charge is 0.357 e. The van der Waals surface area contributed by atoms with Crippen LogP contribution in [0.4, 0.5) is 22.0 Å². The zero-order chi connectivity index (χ0) is 12.5. The molecule has 0 unspecified atom stereocenters. The van der Waals surface area contributed by atoms with Gasteiger partial charge < -0.3 is 4.98 Å². The molecule has 1 aromatic rings. The maximum absolute atomic E-state index is 12.4. The molecule has 90 valence electrons. The Morgan fingerprint density at radius 1 is 1.38 bits per heavy atom. The van der Waals surface area contributed by atoms with Gasteiger partial charge in [-0.3, -0.25) is 4.79 Å². The summed E-state index contributed by atoms with van der Waals surface area (Å²) >= 11 is 2.67. The number of hydrogen-bond donors (Lipinski definition) is 1. The van der Waals surface area contributed by atoms with Crippen molar-refractivity contribution in [1.29, 1.82) is 0 Å². The van der Waals surface area contributed by atoms with E-state index in [0.29, 0.717) is 6.20 Å². The minimum Gasteiger partial charge on any atom is -0.357 e. The quantitative estimate of drug-likeness (QED) is 0.660. The molecule has 8 heteroatoms. The van der Waals surface area contributed by atoms with Crippen LogP contribution in [0.15, 0.2) is 11.0 Å². The second-order valence-corrected chi connectivity index (χ2v) is 3.42. The number of nitrogens with one attached hydrogen (secondary N) is 1. The van der Waals surface area contributed by atoms with Gasteiger partial charge >= 0.3 is 6.18 Å². The summed E-state index contributed by atoms with van der Waals surface area (Å²) in [5, 5.41) is -0.447. The maximum atomic E-state index is 12.4. The Labute approximate surface area is 94.6 Å². The van der Waals surface area contributed by atoms with E-state index in [9.17, 15) is 26.7 Å². The number of aromatic amines is 1. The van der Waals surface area contributed by atoms with Crippen LogP contribution in [0.1, 0.15) is 23.2 Å². The lowest BCUT2D eigenvalue weighted by atomic mass is 10.1. The van der Waals surface area contributed by atoms with Gasteiger partial charge in [-0.1, -0.05) is 15.9 Å². The van der Waals surface area contributed by atoms with Crippen molar-refractivity contribution in [3.05, 3.63) is 33.2 Å². The molecule has 0 saturated heterocycles. The van der Waals surface area contributed by atoms with Crippen molar-refractivity contribution in [2.24, 2.45) is 0 Å². The molecule has 1 N–H and O–H groups in total. The molecule has 0 bridgehead atoms. The molecule has 0 aliphatic heterocycles. The second kappa shape index (κ2) is 4.52. The molecule has 1 rings (SSSR count). The van der Waals surface area contributed by atoms with Crippen molar-refractivity contribution in [3.8, 4) is 0 Å².